The number of benzene rings is 1. The highest BCUT2D eigenvalue weighted by atomic mass is 19.4. The maximum atomic E-state index is 12.9. The highest BCUT2D eigenvalue weighted by molar-refractivity contribution is 5.42. The molecular formula is C12H12F3N3O. The molecule has 0 atom stereocenters. The second-order valence-electron chi connectivity index (χ2n) is 3.81. The fourth-order valence-corrected chi connectivity index (χ4v) is 1.62. The van der Waals surface area contributed by atoms with Gasteiger partial charge in [0.2, 0.25) is 0 Å². The van der Waals surface area contributed by atoms with Crippen molar-refractivity contribution >= 4 is 5.82 Å². The van der Waals surface area contributed by atoms with Gasteiger partial charge in [0.15, 0.2) is 0 Å². The Balaban J connectivity index is 2.43. The molecule has 19 heavy (non-hydrogen) atoms. The van der Waals surface area contributed by atoms with Gasteiger partial charge in [-0.05, 0) is 12.1 Å². The molecule has 102 valence electrons. The van der Waals surface area contributed by atoms with Crippen LogP contribution < -0.4 is 5.32 Å². The maximum absolute atomic E-state index is 12.9. The van der Waals surface area contributed by atoms with Gasteiger partial charge in [-0.15, -0.1) is 5.10 Å². The van der Waals surface area contributed by atoms with Crippen molar-refractivity contribution in [2.75, 3.05) is 18.5 Å². The number of alkyl halides is 3. The summed E-state index contributed by atoms with van der Waals surface area (Å²) in [5, 5.41) is 15.1. The van der Waals surface area contributed by atoms with Crippen molar-refractivity contribution in [1.29, 1.82) is 0 Å². The van der Waals surface area contributed by atoms with Crippen LogP contribution in [0.5, 0.6) is 0 Å². The number of rotatable bonds is 4. The third-order valence-corrected chi connectivity index (χ3v) is 2.42. The van der Waals surface area contributed by atoms with Crippen LogP contribution in [0.4, 0.5) is 19.0 Å². The molecule has 1 heterocycles. The molecule has 2 aromatic rings. The summed E-state index contributed by atoms with van der Waals surface area (Å²) in [6.45, 7) is -0.0390. The fourth-order valence-electron chi connectivity index (χ4n) is 1.62. The van der Waals surface area contributed by atoms with Gasteiger partial charge in [-0.2, -0.15) is 13.2 Å². The quantitative estimate of drug-likeness (QED) is 0.897. The fraction of sp³-hybridized carbons (Fsp3) is 0.250. The van der Waals surface area contributed by atoms with Gasteiger partial charge in [0.05, 0.1) is 12.3 Å². The molecule has 0 saturated heterocycles. The summed E-state index contributed by atoms with van der Waals surface area (Å²) in [4.78, 5) is 0. The van der Waals surface area contributed by atoms with E-state index in [-0.39, 0.29) is 19.0 Å². The lowest BCUT2D eigenvalue weighted by Gasteiger charge is -2.09. The molecule has 0 aliphatic carbocycles. The van der Waals surface area contributed by atoms with Gasteiger partial charge in [-0.1, -0.05) is 18.2 Å². The third kappa shape index (κ3) is 3.05. The van der Waals surface area contributed by atoms with Crippen molar-refractivity contribution in [3.05, 3.63) is 42.1 Å². The molecule has 0 unspecified atom stereocenters. The predicted molar refractivity (Wildman–Crippen MR) is 64.1 cm³/mol. The molecular weight excluding hydrogens is 259 g/mol. The molecule has 0 fully saturated rings. The van der Waals surface area contributed by atoms with Gasteiger partial charge in [0.1, 0.15) is 11.5 Å². The Labute approximate surface area is 107 Å². The number of halogens is 3. The number of aliphatic hydroxyl groups is 1. The SMILES string of the molecule is OCCNc1cc(C(F)(F)F)n(-c2ccccc2)n1. The van der Waals surface area contributed by atoms with Crippen LogP contribution in [0.3, 0.4) is 0 Å². The predicted octanol–water partition coefficient (Wildman–Crippen LogP) is 2.30. The van der Waals surface area contributed by atoms with Gasteiger partial charge in [-0.3, -0.25) is 0 Å². The van der Waals surface area contributed by atoms with Crippen LogP contribution in [0, 0.1) is 0 Å². The number of para-hydroxylation sites is 1. The molecule has 0 amide bonds. The summed E-state index contributed by atoms with van der Waals surface area (Å²) in [7, 11) is 0. The highest BCUT2D eigenvalue weighted by Gasteiger charge is 2.36. The van der Waals surface area contributed by atoms with E-state index in [1.165, 1.54) is 12.1 Å². The third-order valence-electron chi connectivity index (χ3n) is 2.42. The number of hydrogen-bond donors (Lipinski definition) is 2. The summed E-state index contributed by atoms with van der Waals surface area (Å²) >= 11 is 0. The summed E-state index contributed by atoms with van der Waals surface area (Å²) in [6.07, 6.45) is -4.50. The van der Waals surface area contributed by atoms with E-state index in [9.17, 15) is 13.2 Å². The average Bonchev–Trinajstić information content (AvgIpc) is 2.81. The number of aromatic nitrogens is 2. The van der Waals surface area contributed by atoms with Crippen molar-refractivity contribution in [2.24, 2.45) is 0 Å². The normalized spacial score (nSPS) is 11.6. The molecule has 4 nitrogen and oxygen atoms in total. The van der Waals surface area contributed by atoms with Gasteiger partial charge in [0.25, 0.3) is 0 Å². The first-order chi connectivity index (χ1) is 9.02. The standard InChI is InChI=1S/C12H12F3N3O/c13-12(14,15)10-8-11(16-6-7-19)17-18(10)9-4-2-1-3-5-9/h1-5,8,19H,6-7H2,(H,16,17). The Bertz CT molecular complexity index is 537. The lowest BCUT2D eigenvalue weighted by atomic mass is 10.3. The van der Waals surface area contributed by atoms with E-state index in [1.54, 1.807) is 18.2 Å². The summed E-state index contributed by atoms with van der Waals surface area (Å²) < 4.78 is 39.6. The zero-order valence-electron chi connectivity index (χ0n) is 9.85. The second-order valence-corrected chi connectivity index (χ2v) is 3.81. The lowest BCUT2D eigenvalue weighted by molar-refractivity contribution is -0.142. The van der Waals surface area contributed by atoms with E-state index in [0.29, 0.717) is 5.69 Å². The summed E-state index contributed by atoms with van der Waals surface area (Å²) in [6, 6.07) is 8.99. The molecule has 0 aliphatic heterocycles. The van der Waals surface area contributed by atoms with Crippen LogP contribution in [0.25, 0.3) is 5.69 Å². The molecule has 0 saturated carbocycles. The highest BCUT2D eigenvalue weighted by Crippen LogP contribution is 2.32. The lowest BCUT2D eigenvalue weighted by Crippen LogP contribution is -2.13. The Morgan fingerprint density at radius 3 is 2.47 bits per heavy atom. The van der Waals surface area contributed by atoms with Gasteiger partial charge < -0.3 is 10.4 Å². The zero-order valence-corrected chi connectivity index (χ0v) is 9.85. The first kappa shape index (κ1) is 13.4. The van der Waals surface area contributed by atoms with Crippen LogP contribution in [0.2, 0.25) is 0 Å². The topological polar surface area (TPSA) is 50.1 Å². The van der Waals surface area contributed by atoms with Gasteiger partial charge in [-0.25, -0.2) is 4.68 Å². The van der Waals surface area contributed by atoms with Crippen LogP contribution in [-0.2, 0) is 6.18 Å². The van der Waals surface area contributed by atoms with E-state index in [4.69, 9.17) is 5.11 Å². The summed E-state index contributed by atoms with van der Waals surface area (Å²) in [5.41, 5.74) is -0.536. The zero-order chi connectivity index (χ0) is 13.9. The smallest absolute Gasteiger partial charge is 0.395 e. The van der Waals surface area contributed by atoms with Crippen LogP contribution in [0.1, 0.15) is 5.69 Å². The number of anilines is 1. The van der Waals surface area contributed by atoms with E-state index in [2.05, 4.69) is 10.4 Å². The van der Waals surface area contributed by atoms with E-state index >= 15 is 0 Å². The van der Waals surface area contributed by atoms with Crippen LogP contribution >= 0.6 is 0 Å². The van der Waals surface area contributed by atoms with E-state index in [0.717, 1.165) is 10.7 Å². The summed E-state index contributed by atoms with van der Waals surface area (Å²) in [5.74, 6) is 0.0743. The van der Waals surface area contributed by atoms with Crippen LogP contribution in [-0.4, -0.2) is 28.0 Å². The number of nitrogens with one attached hydrogen (secondary N) is 1. The average molecular weight is 271 g/mol. The van der Waals surface area contributed by atoms with Crippen molar-refractivity contribution < 1.29 is 18.3 Å². The van der Waals surface area contributed by atoms with E-state index in [1.807, 2.05) is 0 Å². The van der Waals surface area contributed by atoms with Crippen molar-refractivity contribution in [3.8, 4) is 5.69 Å². The van der Waals surface area contributed by atoms with E-state index < -0.39 is 11.9 Å². The minimum Gasteiger partial charge on any atom is -0.395 e. The molecule has 1 aromatic heterocycles. The molecule has 2 rings (SSSR count). The molecule has 0 radical (unpaired) electrons. The minimum absolute atomic E-state index is 0.0743. The Hall–Kier alpha value is -2.02. The first-order valence-electron chi connectivity index (χ1n) is 5.60. The largest absolute Gasteiger partial charge is 0.433 e. The van der Waals surface area contributed by atoms with Gasteiger partial charge in [0, 0.05) is 12.6 Å². The van der Waals surface area contributed by atoms with Gasteiger partial charge >= 0.3 is 6.18 Å². The Kier molecular flexibility index (Phi) is 3.75. The second kappa shape index (κ2) is 5.31. The monoisotopic (exact) mass is 271 g/mol. The van der Waals surface area contributed by atoms with Crippen molar-refractivity contribution in [2.45, 2.75) is 6.18 Å². The number of hydrogen-bond acceptors (Lipinski definition) is 3. The number of nitrogens with zero attached hydrogens (tertiary/aromatic N) is 2. The van der Waals surface area contributed by atoms with Crippen LogP contribution in [0.15, 0.2) is 36.4 Å². The maximum Gasteiger partial charge on any atom is 0.433 e. The first-order valence-corrected chi connectivity index (χ1v) is 5.60. The Morgan fingerprint density at radius 1 is 1.21 bits per heavy atom. The number of aliphatic hydroxyl groups excluding tert-OH is 1. The van der Waals surface area contributed by atoms with Crippen molar-refractivity contribution in [1.82, 2.24) is 9.78 Å². The molecule has 1 aromatic carbocycles. The molecule has 0 aliphatic rings. The molecule has 7 heteroatoms. The minimum atomic E-state index is -4.50. The molecule has 0 bridgehead atoms. The molecule has 2 N–H and O–H groups in total. The molecule has 0 spiro atoms. The van der Waals surface area contributed by atoms with Crippen molar-refractivity contribution in [3.63, 3.8) is 0 Å². The Morgan fingerprint density at radius 2 is 1.89 bits per heavy atom.